The molecule has 0 saturated carbocycles. The molecule has 0 atom stereocenters. The van der Waals surface area contributed by atoms with Gasteiger partial charge in [0.05, 0.1) is 23.7 Å². The van der Waals surface area contributed by atoms with Crippen molar-refractivity contribution in [2.45, 2.75) is 38.5 Å². The number of hydrogen-bond acceptors (Lipinski definition) is 6. The molecule has 0 aliphatic heterocycles. The quantitative estimate of drug-likeness (QED) is 0.235. The maximum absolute atomic E-state index is 11.7. The van der Waals surface area contributed by atoms with E-state index in [0.717, 1.165) is 38.5 Å². The number of carbonyl (C=O) groups is 1. The van der Waals surface area contributed by atoms with Crippen LogP contribution in [0.25, 0.3) is 0 Å². The molecule has 0 aliphatic rings. The Kier molecular flexibility index (Phi) is 8.76. The fraction of sp³-hybridized carbons (Fsp3) is 0.400. The monoisotopic (exact) mass is 372 g/mol. The molecule has 2 rings (SSSR count). The first-order chi connectivity index (χ1) is 13.2. The third-order valence-electron chi connectivity index (χ3n) is 3.99. The molecule has 0 aliphatic carbocycles. The van der Waals surface area contributed by atoms with Crippen molar-refractivity contribution >= 4 is 11.7 Å². The molecule has 27 heavy (non-hydrogen) atoms. The number of unbranched alkanes of at least 4 members (excludes halogenated alkanes) is 5. The minimum Gasteiger partial charge on any atom is -0.487 e. The number of esters is 1. The number of hydrogen-bond donors (Lipinski definition) is 0. The predicted octanol–water partition coefficient (Wildman–Crippen LogP) is 4.57. The van der Waals surface area contributed by atoms with Crippen molar-refractivity contribution in [2.75, 3.05) is 13.2 Å². The lowest BCUT2D eigenvalue weighted by atomic mass is 10.1. The van der Waals surface area contributed by atoms with Crippen LogP contribution in [0.4, 0.5) is 5.69 Å². The molecule has 0 spiro atoms. The van der Waals surface area contributed by atoms with E-state index in [1.807, 2.05) is 0 Å². The zero-order valence-corrected chi connectivity index (χ0v) is 15.2. The molecule has 144 valence electrons. The number of ether oxygens (including phenoxy) is 2. The van der Waals surface area contributed by atoms with Gasteiger partial charge < -0.3 is 9.47 Å². The third kappa shape index (κ3) is 7.43. The molecule has 7 heteroatoms. The lowest BCUT2D eigenvalue weighted by molar-refractivity contribution is -0.385. The Balaban J connectivity index is 1.47. The lowest BCUT2D eigenvalue weighted by Gasteiger charge is -2.07. The van der Waals surface area contributed by atoms with Crippen molar-refractivity contribution in [2.24, 2.45) is 0 Å². The van der Waals surface area contributed by atoms with E-state index in [1.54, 1.807) is 36.5 Å². The molecule has 0 radical (unpaired) electrons. The highest BCUT2D eigenvalue weighted by molar-refractivity contribution is 5.88. The molecule has 7 nitrogen and oxygen atoms in total. The first-order valence-electron chi connectivity index (χ1n) is 9.12. The fourth-order valence-electron chi connectivity index (χ4n) is 2.56. The van der Waals surface area contributed by atoms with Gasteiger partial charge in [0.25, 0.3) is 0 Å². The Labute approximate surface area is 158 Å². The fourth-order valence-corrected chi connectivity index (χ4v) is 2.56. The minimum absolute atomic E-state index is 0.00155. The first kappa shape index (κ1) is 20.4. The van der Waals surface area contributed by atoms with E-state index in [1.165, 1.54) is 12.3 Å². The second-order valence-corrected chi connectivity index (χ2v) is 6.07. The average Bonchev–Trinajstić information content (AvgIpc) is 2.70. The second kappa shape index (κ2) is 11.6. The van der Waals surface area contributed by atoms with Gasteiger partial charge in [-0.3, -0.25) is 15.1 Å². The van der Waals surface area contributed by atoms with E-state index in [0.29, 0.717) is 24.5 Å². The number of nitro groups is 1. The Bertz CT molecular complexity index is 721. The van der Waals surface area contributed by atoms with Crippen molar-refractivity contribution in [1.29, 1.82) is 0 Å². The van der Waals surface area contributed by atoms with Crippen LogP contribution in [0.5, 0.6) is 5.75 Å². The molecule has 0 amide bonds. The number of para-hydroxylation sites is 2. The Morgan fingerprint density at radius 3 is 2.37 bits per heavy atom. The van der Waals surface area contributed by atoms with E-state index >= 15 is 0 Å². The van der Waals surface area contributed by atoms with E-state index in [9.17, 15) is 14.9 Å². The summed E-state index contributed by atoms with van der Waals surface area (Å²) >= 11 is 0. The van der Waals surface area contributed by atoms with Crippen LogP contribution in [-0.2, 0) is 4.74 Å². The highest BCUT2D eigenvalue weighted by atomic mass is 16.6. The van der Waals surface area contributed by atoms with Crippen molar-refractivity contribution in [1.82, 2.24) is 4.98 Å². The maximum atomic E-state index is 11.7. The van der Waals surface area contributed by atoms with Gasteiger partial charge in [-0.1, -0.05) is 37.8 Å². The number of nitro benzene ring substituents is 1. The van der Waals surface area contributed by atoms with Gasteiger partial charge in [0.1, 0.15) is 0 Å². The summed E-state index contributed by atoms with van der Waals surface area (Å²) in [6, 6.07) is 9.79. The van der Waals surface area contributed by atoms with Gasteiger partial charge >= 0.3 is 11.7 Å². The van der Waals surface area contributed by atoms with Gasteiger partial charge in [-0.25, -0.2) is 4.79 Å². The Morgan fingerprint density at radius 1 is 0.963 bits per heavy atom. The third-order valence-corrected chi connectivity index (χ3v) is 3.99. The Hall–Kier alpha value is -2.96. The SMILES string of the molecule is O=C(OCCCCCCCCOc1ccccc1[N+](=O)[O-])c1cccnc1. The van der Waals surface area contributed by atoms with E-state index in [2.05, 4.69) is 4.98 Å². The average molecular weight is 372 g/mol. The highest BCUT2D eigenvalue weighted by Crippen LogP contribution is 2.25. The summed E-state index contributed by atoms with van der Waals surface area (Å²) in [5.41, 5.74) is 0.467. The summed E-state index contributed by atoms with van der Waals surface area (Å²) in [7, 11) is 0. The summed E-state index contributed by atoms with van der Waals surface area (Å²) in [5, 5.41) is 10.9. The highest BCUT2D eigenvalue weighted by Gasteiger charge is 2.13. The van der Waals surface area contributed by atoms with E-state index in [-0.39, 0.29) is 11.7 Å². The number of pyridine rings is 1. The van der Waals surface area contributed by atoms with Gasteiger partial charge in [0, 0.05) is 18.5 Å². The molecule has 1 heterocycles. The normalized spacial score (nSPS) is 10.4. The summed E-state index contributed by atoms with van der Waals surface area (Å²) in [5.74, 6) is -0.0202. The number of nitrogens with zero attached hydrogens (tertiary/aromatic N) is 2. The standard InChI is InChI=1S/C20H24N2O5/c23-20(17-10-9-13-21-16-17)27-15-8-4-2-1-3-7-14-26-19-12-6-5-11-18(19)22(24)25/h5-6,9-13,16H,1-4,7-8,14-15H2. The molecule has 0 N–H and O–H groups in total. The largest absolute Gasteiger partial charge is 0.487 e. The molecule has 0 fully saturated rings. The molecule has 0 saturated heterocycles. The van der Waals surface area contributed by atoms with Crippen LogP contribution in [0, 0.1) is 10.1 Å². The number of benzene rings is 1. The molecule has 0 bridgehead atoms. The van der Waals surface area contributed by atoms with Crippen molar-refractivity contribution in [3.63, 3.8) is 0 Å². The van der Waals surface area contributed by atoms with Crippen LogP contribution in [0.3, 0.4) is 0 Å². The smallest absolute Gasteiger partial charge is 0.339 e. The van der Waals surface area contributed by atoms with Crippen molar-refractivity contribution in [3.05, 3.63) is 64.5 Å². The number of carbonyl (C=O) groups excluding carboxylic acids is 1. The predicted molar refractivity (Wildman–Crippen MR) is 101 cm³/mol. The lowest BCUT2D eigenvalue weighted by Crippen LogP contribution is -2.06. The summed E-state index contributed by atoms with van der Waals surface area (Å²) in [6.45, 7) is 0.877. The Morgan fingerprint density at radius 2 is 1.67 bits per heavy atom. The summed E-state index contributed by atoms with van der Waals surface area (Å²) in [4.78, 5) is 26.1. The zero-order valence-electron chi connectivity index (χ0n) is 15.2. The van der Waals surface area contributed by atoms with E-state index < -0.39 is 4.92 Å². The van der Waals surface area contributed by atoms with Gasteiger partial charge in [-0.2, -0.15) is 0 Å². The zero-order chi connectivity index (χ0) is 19.3. The number of rotatable bonds is 12. The number of aromatic nitrogens is 1. The van der Waals surface area contributed by atoms with Gasteiger partial charge in [-0.15, -0.1) is 0 Å². The van der Waals surface area contributed by atoms with Crippen LogP contribution in [0.15, 0.2) is 48.8 Å². The van der Waals surface area contributed by atoms with Crippen molar-refractivity contribution in [3.8, 4) is 5.75 Å². The van der Waals surface area contributed by atoms with Crippen LogP contribution in [0.1, 0.15) is 48.9 Å². The minimum atomic E-state index is -0.434. The van der Waals surface area contributed by atoms with Gasteiger partial charge in [0.15, 0.2) is 5.75 Å². The molecular formula is C20H24N2O5. The first-order valence-corrected chi connectivity index (χ1v) is 9.12. The topological polar surface area (TPSA) is 91.6 Å². The molecule has 1 aromatic heterocycles. The van der Waals surface area contributed by atoms with Crippen LogP contribution in [-0.4, -0.2) is 29.1 Å². The van der Waals surface area contributed by atoms with Crippen LogP contribution < -0.4 is 4.74 Å². The van der Waals surface area contributed by atoms with E-state index in [4.69, 9.17) is 9.47 Å². The summed E-state index contributed by atoms with van der Waals surface area (Å²) < 4.78 is 10.7. The maximum Gasteiger partial charge on any atom is 0.339 e. The summed E-state index contributed by atoms with van der Waals surface area (Å²) in [6.07, 6.45) is 8.88. The second-order valence-electron chi connectivity index (χ2n) is 6.07. The van der Waals surface area contributed by atoms with Crippen LogP contribution in [0.2, 0.25) is 0 Å². The van der Waals surface area contributed by atoms with Gasteiger partial charge in [0.2, 0.25) is 0 Å². The van der Waals surface area contributed by atoms with Gasteiger partial charge in [-0.05, 0) is 31.0 Å². The van der Waals surface area contributed by atoms with Crippen molar-refractivity contribution < 1.29 is 19.2 Å². The molecule has 1 aromatic carbocycles. The molecular weight excluding hydrogens is 348 g/mol. The molecule has 2 aromatic rings. The molecule has 0 unspecified atom stereocenters. The van der Waals surface area contributed by atoms with Crippen LogP contribution >= 0.6 is 0 Å².